The summed E-state index contributed by atoms with van der Waals surface area (Å²) < 4.78 is 71.6. The smallest absolute Gasteiger partial charge is 0.416 e. The van der Waals surface area contributed by atoms with Crippen molar-refractivity contribution in [3.63, 3.8) is 0 Å². The zero-order valence-corrected chi connectivity index (χ0v) is 16.4. The van der Waals surface area contributed by atoms with Gasteiger partial charge < -0.3 is 4.74 Å². The Labute approximate surface area is 163 Å². The number of ether oxygens (including phenoxy) is 1. The Balaban J connectivity index is 2.01. The van der Waals surface area contributed by atoms with Crippen LogP contribution in [0.3, 0.4) is 0 Å². The Morgan fingerprint density at radius 1 is 1.14 bits per heavy atom. The van der Waals surface area contributed by atoms with Crippen molar-refractivity contribution < 1.29 is 26.3 Å². The van der Waals surface area contributed by atoms with Crippen LogP contribution >= 0.6 is 11.3 Å². The van der Waals surface area contributed by atoms with Crippen molar-refractivity contribution in [2.45, 2.75) is 18.0 Å². The molecule has 0 fully saturated rings. The molecule has 0 aliphatic rings. The molecule has 0 aliphatic heterocycles. The fourth-order valence-electron chi connectivity index (χ4n) is 2.51. The number of aromatic nitrogens is 1. The van der Waals surface area contributed by atoms with Crippen molar-refractivity contribution >= 4 is 27.0 Å². The maximum Gasteiger partial charge on any atom is 0.416 e. The summed E-state index contributed by atoms with van der Waals surface area (Å²) in [5.41, 5.74) is -0.00612. The molecular weight excluding hydrogens is 413 g/mol. The lowest BCUT2D eigenvalue weighted by molar-refractivity contribution is -0.137. The molecular formula is C18H15F3N2O3S2. The summed E-state index contributed by atoms with van der Waals surface area (Å²) in [7, 11) is -2.90. The lowest BCUT2D eigenvalue weighted by atomic mass is 10.2. The summed E-state index contributed by atoms with van der Waals surface area (Å²) in [6, 6.07) is 8.49. The van der Waals surface area contributed by atoms with Gasteiger partial charge in [-0.1, -0.05) is 6.07 Å². The Kier molecular flexibility index (Phi) is 5.35. The molecule has 0 spiro atoms. The summed E-state index contributed by atoms with van der Waals surface area (Å²) in [6.07, 6.45) is -4.58. The van der Waals surface area contributed by atoms with Gasteiger partial charge in [0, 0.05) is 16.6 Å². The molecule has 0 aliphatic carbocycles. The highest BCUT2D eigenvalue weighted by Gasteiger charge is 2.31. The molecule has 1 N–H and O–H groups in total. The molecule has 0 radical (unpaired) electrons. The number of thiazole rings is 1. The molecule has 28 heavy (non-hydrogen) atoms. The lowest BCUT2D eigenvalue weighted by Gasteiger charge is -2.14. The number of benzene rings is 2. The van der Waals surface area contributed by atoms with Gasteiger partial charge in [-0.3, -0.25) is 4.72 Å². The van der Waals surface area contributed by atoms with Gasteiger partial charge in [-0.2, -0.15) is 13.2 Å². The highest BCUT2D eigenvalue weighted by molar-refractivity contribution is 7.92. The second kappa shape index (κ2) is 7.44. The molecule has 5 nitrogen and oxygen atoms in total. The Bertz CT molecular complexity index is 1110. The predicted molar refractivity (Wildman–Crippen MR) is 101 cm³/mol. The van der Waals surface area contributed by atoms with E-state index in [9.17, 15) is 21.6 Å². The molecule has 1 heterocycles. The predicted octanol–water partition coefficient (Wildman–Crippen LogP) is 4.95. The fraction of sp³-hybridized carbons (Fsp3) is 0.167. The van der Waals surface area contributed by atoms with E-state index in [1.807, 2.05) is 6.92 Å². The molecule has 3 aromatic rings. The van der Waals surface area contributed by atoms with Crippen molar-refractivity contribution in [2.75, 3.05) is 11.8 Å². The number of anilines is 1. The van der Waals surface area contributed by atoms with Gasteiger partial charge in [-0.05, 0) is 43.3 Å². The maximum atomic E-state index is 12.9. The van der Waals surface area contributed by atoms with Crippen LogP contribution in [-0.4, -0.2) is 20.5 Å². The van der Waals surface area contributed by atoms with Crippen LogP contribution in [0.25, 0.3) is 11.3 Å². The molecule has 0 atom stereocenters. The van der Waals surface area contributed by atoms with E-state index >= 15 is 0 Å². The minimum absolute atomic E-state index is 0.0650. The third-order valence-electron chi connectivity index (χ3n) is 3.81. The number of methoxy groups -OCH3 is 1. The van der Waals surface area contributed by atoms with Crippen LogP contribution in [0.4, 0.5) is 18.9 Å². The molecule has 0 unspecified atom stereocenters. The van der Waals surface area contributed by atoms with Crippen LogP contribution < -0.4 is 9.46 Å². The van der Waals surface area contributed by atoms with E-state index in [4.69, 9.17) is 4.74 Å². The summed E-state index contributed by atoms with van der Waals surface area (Å²) in [5, 5.41) is 2.60. The minimum atomic E-state index is -4.58. The largest absolute Gasteiger partial charge is 0.495 e. The molecule has 0 bridgehead atoms. The van der Waals surface area contributed by atoms with Crippen LogP contribution in [0, 0.1) is 6.92 Å². The van der Waals surface area contributed by atoms with Gasteiger partial charge in [-0.25, -0.2) is 13.4 Å². The first-order chi connectivity index (χ1) is 13.1. The van der Waals surface area contributed by atoms with E-state index in [0.717, 1.165) is 23.2 Å². The standard InChI is InChI=1S/C18H15F3N2O3S2/c1-11-22-15(10-27-11)12-6-7-16(26-2)17(8-12)28(24,25)23-14-5-3-4-13(9-14)18(19,20)21/h3-10,23H,1-2H3. The topological polar surface area (TPSA) is 68.3 Å². The zero-order chi connectivity index (χ0) is 20.5. The van der Waals surface area contributed by atoms with Gasteiger partial charge >= 0.3 is 6.18 Å². The number of nitrogens with zero attached hydrogens (tertiary/aromatic N) is 1. The Morgan fingerprint density at radius 3 is 2.50 bits per heavy atom. The zero-order valence-electron chi connectivity index (χ0n) is 14.7. The van der Waals surface area contributed by atoms with Crippen molar-refractivity contribution in [3.8, 4) is 17.0 Å². The average Bonchev–Trinajstić information content (AvgIpc) is 3.07. The number of nitrogens with one attached hydrogen (secondary N) is 1. The third-order valence-corrected chi connectivity index (χ3v) is 5.99. The fourth-order valence-corrected chi connectivity index (χ4v) is 4.38. The van der Waals surface area contributed by atoms with E-state index in [1.165, 1.54) is 36.6 Å². The number of aryl methyl sites for hydroxylation is 1. The summed E-state index contributed by atoms with van der Waals surface area (Å²) in [4.78, 5) is 4.12. The molecule has 1 aromatic heterocycles. The van der Waals surface area contributed by atoms with Crippen LogP contribution in [0.15, 0.2) is 52.7 Å². The van der Waals surface area contributed by atoms with Gasteiger partial charge in [0.2, 0.25) is 0 Å². The number of halogens is 3. The van der Waals surface area contributed by atoms with Crippen molar-refractivity contribution in [2.24, 2.45) is 0 Å². The van der Waals surface area contributed by atoms with Crippen LogP contribution in [0.1, 0.15) is 10.6 Å². The van der Waals surface area contributed by atoms with Crippen LogP contribution in [-0.2, 0) is 16.2 Å². The molecule has 0 saturated carbocycles. The van der Waals surface area contributed by atoms with Gasteiger partial charge in [0.15, 0.2) is 0 Å². The summed E-state index contributed by atoms with van der Waals surface area (Å²) in [6.45, 7) is 1.82. The number of hydrogen-bond donors (Lipinski definition) is 1. The van der Waals surface area contributed by atoms with Gasteiger partial charge in [0.05, 0.1) is 23.4 Å². The Morgan fingerprint density at radius 2 is 1.89 bits per heavy atom. The number of sulfonamides is 1. The summed E-state index contributed by atoms with van der Waals surface area (Å²) >= 11 is 1.42. The molecule has 148 valence electrons. The second-order valence-corrected chi connectivity index (χ2v) is 8.51. The monoisotopic (exact) mass is 428 g/mol. The van der Waals surface area contributed by atoms with Crippen LogP contribution in [0.5, 0.6) is 5.75 Å². The maximum absolute atomic E-state index is 12.9. The van der Waals surface area contributed by atoms with E-state index in [2.05, 4.69) is 9.71 Å². The molecule has 3 rings (SSSR count). The van der Waals surface area contributed by atoms with Crippen molar-refractivity contribution in [3.05, 3.63) is 58.4 Å². The quantitative estimate of drug-likeness (QED) is 0.625. The second-order valence-electron chi connectivity index (χ2n) is 5.80. The molecule has 2 aromatic carbocycles. The molecule has 0 amide bonds. The first-order valence-electron chi connectivity index (χ1n) is 7.91. The SMILES string of the molecule is COc1ccc(-c2csc(C)n2)cc1S(=O)(=O)Nc1cccc(C(F)(F)F)c1. The third kappa shape index (κ3) is 4.28. The van der Waals surface area contributed by atoms with E-state index in [1.54, 1.807) is 11.4 Å². The number of alkyl halides is 3. The first-order valence-corrected chi connectivity index (χ1v) is 10.3. The minimum Gasteiger partial charge on any atom is -0.495 e. The Hall–Kier alpha value is -2.59. The lowest BCUT2D eigenvalue weighted by Crippen LogP contribution is -2.15. The van der Waals surface area contributed by atoms with Gasteiger partial charge in [0.1, 0.15) is 10.6 Å². The van der Waals surface area contributed by atoms with E-state index in [0.29, 0.717) is 11.3 Å². The molecule has 10 heteroatoms. The van der Waals surface area contributed by atoms with Crippen molar-refractivity contribution in [1.29, 1.82) is 0 Å². The van der Waals surface area contributed by atoms with Gasteiger partial charge in [-0.15, -0.1) is 11.3 Å². The first kappa shape index (κ1) is 20.2. The van der Waals surface area contributed by atoms with Crippen molar-refractivity contribution in [1.82, 2.24) is 4.98 Å². The van der Waals surface area contributed by atoms with Crippen LogP contribution in [0.2, 0.25) is 0 Å². The van der Waals surface area contributed by atoms with E-state index < -0.39 is 21.8 Å². The highest BCUT2D eigenvalue weighted by Crippen LogP contribution is 2.34. The van der Waals surface area contributed by atoms with E-state index in [-0.39, 0.29) is 16.3 Å². The molecule has 0 saturated heterocycles. The summed E-state index contributed by atoms with van der Waals surface area (Å²) in [5.74, 6) is 0.0650. The number of hydrogen-bond acceptors (Lipinski definition) is 5. The number of rotatable bonds is 5. The van der Waals surface area contributed by atoms with Gasteiger partial charge in [0.25, 0.3) is 10.0 Å². The average molecular weight is 428 g/mol. The normalized spacial score (nSPS) is 12.0. The highest BCUT2D eigenvalue weighted by atomic mass is 32.2.